The van der Waals surface area contributed by atoms with Gasteiger partial charge in [-0.25, -0.2) is 17.8 Å². The second-order valence-corrected chi connectivity index (χ2v) is 7.68. The first-order valence-electron chi connectivity index (χ1n) is 8.01. The average molecular weight is 413 g/mol. The molecule has 1 heterocycles. The summed E-state index contributed by atoms with van der Waals surface area (Å²) in [4.78, 5) is 3.14. The van der Waals surface area contributed by atoms with E-state index in [2.05, 4.69) is 9.71 Å². The van der Waals surface area contributed by atoms with Gasteiger partial charge in [-0.1, -0.05) is 24.3 Å². The van der Waals surface area contributed by atoms with E-state index in [0.29, 0.717) is 6.07 Å². The molecule has 5 nitrogen and oxygen atoms in total. The molecule has 0 radical (unpaired) electrons. The van der Waals surface area contributed by atoms with Gasteiger partial charge in [-0.2, -0.15) is 17.9 Å². The molecule has 1 aromatic heterocycles. The van der Waals surface area contributed by atoms with E-state index < -0.39 is 38.5 Å². The van der Waals surface area contributed by atoms with Crippen molar-refractivity contribution in [2.45, 2.75) is 17.1 Å². The molecule has 1 N–H and O–H groups in total. The standard InChI is InChI=1S/C18H15F4N3O2S/c1-25-10-9-23-17(25)16(12-5-4-6-13(19)11-12)24-28(26,27)15-8-3-2-7-14(15)18(20,21)22/h2-11,16,24H,1H3. The molecular weight excluding hydrogens is 398 g/mol. The number of nitrogens with one attached hydrogen (secondary N) is 1. The zero-order chi connectivity index (χ0) is 20.5. The third-order valence-electron chi connectivity index (χ3n) is 4.05. The van der Waals surface area contributed by atoms with Crippen molar-refractivity contribution in [1.29, 1.82) is 0 Å². The lowest BCUT2D eigenvalue weighted by atomic mass is 10.1. The van der Waals surface area contributed by atoms with Gasteiger partial charge in [0, 0.05) is 19.4 Å². The zero-order valence-corrected chi connectivity index (χ0v) is 15.3. The van der Waals surface area contributed by atoms with Crippen LogP contribution in [0, 0.1) is 5.82 Å². The van der Waals surface area contributed by atoms with Crippen LogP contribution in [0.15, 0.2) is 65.8 Å². The van der Waals surface area contributed by atoms with Crippen molar-refractivity contribution in [3.63, 3.8) is 0 Å². The van der Waals surface area contributed by atoms with Gasteiger partial charge in [-0.3, -0.25) is 0 Å². The molecule has 1 atom stereocenters. The van der Waals surface area contributed by atoms with Gasteiger partial charge in [0.1, 0.15) is 17.7 Å². The minimum Gasteiger partial charge on any atom is -0.336 e. The number of sulfonamides is 1. The van der Waals surface area contributed by atoms with Crippen LogP contribution >= 0.6 is 0 Å². The number of benzene rings is 2. The predicted octanol–water partition coefficient (Wildman–Crippen LogP) is 3.65. The van der Waals surface area contributed by atoms with E-state index in [-0.39, 0.29) is 11.4 Å². The van der Waals surface area contributed by atoms with Crippen LogP contribution in [0.2, 0.25) is 0 Å². The highest BCUT2D eigenvalue weighted by Gasteiger charge is 2.38. The van der Waals surface area contributed by atoms with Crippen molar-refractivity contribution < 1.29 is 26.0 Å². The summed E-state index contributed by atoms with van der Waals surface area (Å²) in [6, 6.07) is 7.76. The molecule has 0 spiro atoms. The number of hydrogen-bond acceptors (Lipinski definition) is 3. The van der Waals surface area contributed by atoms with Gasteiger partial charge < -0.3 is 4.57 Å². The summed E-state index contributed by atoms with van der Waals surface area (Å²) in [5, 5.41) is 0. The van der Waals surface area contributed by atoms with E-state index in [1.807, 2.05) is 0 Å². The first kappa shape index (κ1) is 20.0. The number of rotatable bonds is 5. The number of halogens is 4. The van der Waals surface area contributed by atoms with Crippen molar-refractivity contribution in [1.82, 2.24) is 14.3 Å². The van der Waals surface area contributed by atoms with Gasteiger partial charge in [0.05, 0.1) is 10.5 Å². The number of imidazole rings is 1. The largest absolute Gasteiger partial charge is 0.417 e. The Labute approximate surface area is 158 Å². The smallest absolute Gasteiger partial charge is 0.336 e. The van der Waals surface area contributed by atoms with E-state index in [9.17, 15) is 26.0 Å². The van der Waals surface area contributed by atoms with E-state index in [1.165, 1.54) is 35.0 Å². The predicted molar refractivity (Wildman–Crippen MR) is 93.2 cm³/mol. The number of alkyl halides is 3. The minimum atomic E-state index is -4.86. The molecule has 0 saturated carbocycles. The molecule has 148 valence electrons. The molecule has 0 fully saturated rings. The van der Waals surface area contributed by atoms with Crippen LogP contribution < -0.4 is 4.72 Å². The molecule has 0 bridgehead atoms. The van der Waals surface area contributed by atoms with Crippen molar-refractivity contribution in [2.75, 3.05) is 0 Å². The Morgan fingerprint density at radius 3 is 2.43 bits per heavy atom. The molecule has 10 heteroatoms. The second-order valence-electron chi connectivity index (χ2n) is 6.00. The molecular formula is C18H15F4N3O2S. The van der Waals surface area contributed by atoms with Gasteiger partial charge >= 0.3 is 6.18 Å². The summed E-state index contributed by atoms with van der Waals surface area (Å²) in [7, 11) is -3.03. The Bertz CT molecular complexity index is 1090. The maximum Gasteiger partial charge on any atom is 0.417 e. The van der Waals surface area contributed by atoms with Crippen molar-refractivity contribution in [2.24, 2.45) is 7.05 Å². The van der Waals surface area contributed by atoms with Crippen molar-refractivity contribution in [3.8, 4) is 0 Å². The summed E-state index contributed by atoms with van der Waals surface area (Å²) in [5.74, 6) is -0.426. The number of hydrogen-bond donors (Lipinski definition) is 1. The van der Waals surface area contributed by atoms with E-state index in [1.54, 1.807) is 13.2 Å². The van der Waals surface area contributed by atoms with Gasteiger partial charge in [0.2, 0.25) is 10.0 Å². The highest BCUT2D eigenvalue weighted by Crippen LogP contribution is 2.34. The monoisotopic (exact) mass is 413 g/mol. The topological polar surface area (TPSA) is 64.0 Å². The Morgan fingerprint density at radius 1 is 1.11 bits per heavy atom. The number of aromatic nitrogens is 2. The summed E-state index contributed by atoms with van der Waals surface area (Å²) in [6.45, 7) is 0. The fraction of sp³-hybridized carbons (Fsp3) is 0.167. The molecule has 0 amide bonds. The normalized spacial score (nSPS) is 13.5. The van der Waals surface area contributed by atoms with Gasteiger partial charge in [0.15, 0.2) is 0 Å². The fourth-order valence-corrected chi connectivity index (χ4v) is 4.17. The summed E-state index contributed by atoms with van der Waals surface area (Å²) < 4.78 is 82.9. The van der Waals surface area contributed by atoms with Crippen molar-refractivity contribution >= 4 is 10.0 Å². The summed E-state index contributed by atoms with van der Waals surface area (Å²) in [5.41, 5.74) is -1.09. The molecule has 0 aliphatic rings. The van der Waals surface area contributed by atoms with Crippen LogP contribution in [0.3, 0.4) is 0 Å². The Kier molecular flexibility index (Phi) is 5.26. The lowest BCUT2D eigenvalue weighted by Crippen LogP contribution is -2.32. The molecule has 0 aliphatic carbocycles. The fourth-order valence-electron chi connectivity index (χ4n) is 2.77. The number of nitrogens with zero attached hydrogens (tertiary/aromatic N) is 2. The summed E-state index contributed by atoms with van der Waals surface area (Å²) >= 11 is 0. The van der Waals surface area contributed by atoms with Crippen LogP contribution in [0.25, 0.3) is 0 Å². The number of aryl methyl sites for hydroxylation is 1. The van der Waals surface area contributed by atoms with Gasteiger partial charge in [-0.05, 0) is 29.8 Å². The quantitative estimate of drug-likeness (QED) is 0.650. The van der Waals surface area contributed by atoms with Crippen LogP contribution in [0.5, 0.6) is 0 Å². The average Bonchev–Trinajstić information content (AvgIpc) is 3.05. The zero-order valence-electron chi connectivity index (χ0n) is 14.5. The molecule has 3 aromatic rings. The molecule has 28 heavy (non-hydrogen) atoms. The highest BCUT2D eigenvalue weighted by atomic mass is 32.2. The molecule has 2 aromatic carbocycles. The van der Waals surface area contributed by atoms with Crippen LogP contribution in [0.1, 0.15) is 23.0 Å². The summed E-state index contributed by atoms with van der Waals surface area (Å²) in [6.07, 6.45) is -1.91. The van der Waals surface area contributed by atoms with E-state index in [4.69, 9.17) is 0 Å². The SMILES string of the molecule is Cn1ccnc1C(NS(=O)(=O)c1ccccc1C(F)(F)F)c1cccc(F)c1. The molecule has 0 aliphatic heterocycles. The maximum atomic E-state index is 13.7. The Balaban J connectivity index is 2.11. The third kappa shape index (κ3) is 4.07. The lowest BCUT2D eigenvalue weighted by Gasteiger charge is -2.21. The van der Waals surface area contributed by atoms with Crippen LogP contribution in [0.4, 0.5) is 17.6 Å². The Hall–Kier alpha value is -2.72. The van der Waals surface area contributed by atoms with Crippen molar-refractivity contribution in [3.05, 3.63) is 83.7 Å². The van der Waals surface area contributed by atoms with Crippen LogP contribution in [-0.2, 0) is 23.2 Å². The maximum absolute atomic E-state index is 13.7. The first-order chi connectivity index (χ1) is 13.1. The Morgan fingerprint density at radius 2 is 1.82 bits per heavy atom. The highest BCUT2D eigenvalue weighted by molar-refractivity contribution is 7.89. The van der Waals surface area contributed by atoms with Gasteiger partial charge in [0.25, 0.3) is 0 Å². The van der Waals surface area contributed by atoms with Crippen LogP contribution in [-0.4, -0.2) is 18.0 Å². The second kappa shape index (κ2) is 7.36. The lowest BCUT2D eigenvalue weighted by molar-refractivity contribution is -0.139. The molecule has 1 unspecified atom stereocenters. The first-order valence-corrected chi connectivity index (χ1v) is 9.49. The molecule has 0 saturated heterocycles. The van der Waals surface area contributed by atoms with Gasteiger partial charge in [-0.15, -0.1) is 0 Å². The third-order valence-corrected chi connectivity index (χ3v) is 5.53. The minimum absolute atomic E-state index is 0.193. The van der Waals surface area contributed by atoms with E-state index in [0.717, 1.165) is 18.2 Å². The molecule has 3 rings (SSSR count). The van der Waals surface area contributed by atoms with E-state index >= 15 is 0 Å².